The first-order valence-electron chi connectivity index (χ1n) is 6.61. The van der Waals surface area contributed by atoms with E-state index in [1.807, 2.05) is 60.7 Å². The van der Waals surface area contributed by atoms with Crippen LogP contribution in [0.5, 0.6) is 0 Å². The minimum absolute atomic E-state index is 0.238. The Morgan fingerprint density at radius 3 is 2.52 bits per heavy atom. The molecule has 1 aromatic heterocycles. The summed E-state index contributed by atoms with van der Waals surface area (Å²) in [6.07, 6.45) is 1.87. The predicted molar refractivity (Wildman–Crippen MR) is 89.5 cm³/mol. The molecular formula is C17H13BrN2O. The highest BCUT2D eigenvalue weighted by atomic mass is 79.9. The van der Waals surface area contributed by atoms with Crippen molar-refractivity contribution in [3.05, 3.63) is 76.1 Å². The third kappa shape index (κ3) is 2.67. The fourth-order valence-electron chi connectivity index (χ4n) is 2.37. The molecule has 0 radical (unpaired) electrons. The Kier molecular flexibility index (Phi) is 3.97. The van der Waals surface area contributed by atoms with Crippen LogP contribution in [0.4, 0.5) is 0 Å². The summed E-state index contributed by atoms with van der Waals surface area (Å²) in [6, 6.07) is 17.6. The summed E-state index contributed by atoms with van der Waals surface area (Å²) in [7, 11) is 0. The van der Waals surface area contributed by atoms with Gasteiger partial charge < -0.3 is 0 Å². The molecule has 0 aliphatic heterocycles. The Balaban J connectivity index is 2.32. The van der Waals surface area contributed by atoms with Crippen LogP contribution in [0.25, 0.3) is 22.2 Å². The Hall–Kier alpha value is -2.20. The third-order valence-electron chi connectivity index (χ3n) is 3.31. The van der Waals surface area contributed by atoms with Crippen LogP contribution in [0.1, 0.15) is 0 Å². The lowest BCUT2D eigenvalue weighted by atomic mass is 10.1. The van der Waals surface area contributed by atoms with Crippen molar-refractivity contribution in [2.45, 2.75) is 6.54 Å². The molecule has 21 heavy (non-hydrogen) atoms. The van der Waals surface area contributed by atoms with Gasteiger partial charge in [-0.1, -0.05) is 70.5 Å². The van der Waals surface area contributed by atoms with Gasteiger partial charge in [0.05, 0.1) is 11.2 Å². The van der Waals surface area contributed by atoms with Gasteiger partial charge in [-0.05, 0) is 11.1 Å². The summed E-state index contributed by atoms with van der Waals surface area (Å²) < 4.78 is 1.67. The van der Waals surface area contributed by atoms with Gasteiger partial charge in [-0.2, -0.15) is 4.98 Å². The summed E-state index contributed by atoms with van der Waals surface area (Å²) >= 11 is 3.23. The van der Waals surface area contributed by atoms with Crippen molar-refractivity contribution in [3.63, 3.8) is 0 Å². The van der Waals surface area contributed by atoms with Gasteiger partial charge in [-0.3, -0.25) is 4.57 Å². The molecule has 3 rings (SSSR count). The van der Waals surface area contributed by atoms with E-state index in [4.69, 9.17) is 0 Å². The number of aromatic nitrogens is 2. The van der Waals surface area contributed by atoms with Gasteiger partial charge in [0.1, 0.15) is 0 Å². The number of nitrogens with zero attached hydrogens (tertiary/aromatic N) is 2. The Labute approximate surface area is 130 Å². The second-order valence-electron chi connectivity index (χ2n) is 4.60. The molecule has 0 N–H and O–H groups in total. The Morgan fingerprint density at radius 2 is 1.76 bits per heavy atom. The Morgan fingerprint density at radius 1 is 1.05 bits per heavy atom. The zero-order valence-electron chi connectivity index (χ0n) is 11.2. The van der Waals surface area contributed by atoms with Crippen molar-refractivity contribution >= 4 is 26.8 Å². The van der Waals surface area contributed by atoms with Gasteiger partial charge in [0.2, 0.25) is 0 Å². The van der Waals surface area contributed by atoms with Gasteiger partial charge in [0.15, 0.2) is 0 Å². The molecule has 0 amide bonds. The van der Waals surface area contributed by atoms with Crippen molar-refractivity contribution < 1.29 is 0 Å². The summed E-state index contributed by atoms with van der Waals surface area (Å²) in [5.41, 5.74) is 2.34. The third-order valence-corrected chi connectivity index (χ3v) is 3.69. The standard InChI is InChI=1S/C17H13BrN2O/c18-11-6-12-20-15-10-5-4-9-14(15)16(19-17(20)21)13-7-2-1-3-8-13/h1-11H,12H2. The zero-order chi connectivity index (χ0) is 14.7. The van der Waals surface area contributed by atoms with E-state index < -0.39 is 0 Å². The van der Waals surface area contributed by atoms with Crippen LogP contribution < -0.4 is 5.69 Å². The summed E-state index contributed by atoms with van der Waals surface area (Å²) in [5, 5.41) is 0.978. The molecule has 0 saturated carbocycles. The number of fused-ring (bicyclic) bond motifs is 1. The molecule has 104 valence electrons. The van der Waals surface area contributed by atoms with E-state index in [1.165, 1.54) is 0 Å². The molecule has 0 aliphatic carbocycles. The van der Waals surface area contributed by atoms with E-state index in [1.54, 1.807) is 9.55 Å². The number of para-hydroxylation sites is 1. The molecule has 0 spiro atoms. The highest BCUT2D eigenvalue weighted by molar-refractivity contribution is 9.11. The quantitative estimate of drug-likeness (QED) is 0.722. The number of halogens is 1. The number of hydrogen-bond acceptors (Lipinski definition) is 2. The topological polar surface area (TPSA) is 34.9 Å². The maximum Gasteiger partial charge on any atom is 0.348 e. The highest BCUT2D eigenvalue weighted by Crippen LogP contribution is 2.24. The molecule has 0 bridgehead atoms. The zero-order valence-corrected chi connectivity index (χ0v) is 12.8. The highest BCUT2D eigenvalue weighted by Gasteiger charge is 2.10. The number of rotatable bonds is 3. The van der Waals surface area contributed by atoms with E-state index >= 15 is 0 Å². The molecule has 0 saturated heterocycles. The summed E-state index contributed by atoms with van der Waals surface area (Å²) in [4.78, 5) is 18.4. The molecule has 3 nitrogen and oxygen atoms in total. The van der Waals surface area contributed by atoms with Crippen LogP contribution in [-0.2, 0) is 6.54 Å². The lowest BCUT2D eigenvalue weighted by Crippen LogP contribution is -2.23. The molecule has 1 heterocycles. The summed E-state index contributed by atoms with van der Waals surface area (Å²) in [6.45, 7) is 0.493. The molecule has 4 heteroatoms. The van der Waals surface area contributed by atoms with Crippen LogP contribution in [0, 0.1) is 0 Å². The normalized spacial score (nSPS) is 11.3. The molecular weight excluding hydrogens is 328 g/mol. The van der Waals surface area contributed by atoms with E-state index in [9.17, 15) is 4.79 Å². The van der Waals surface area contributed by atoms with E-state index in [0.29, 0.717) is 6.54 Å². The molecule has 3 aromatic rings. The van der Waals surface area contributed by atoms with Gasteiger partial charge in [-0.25, -0.2) is 4.79 Å². The molecule has 0 aliphatic rings. The van der Waals surface area contributed by atoms with E-state index in [2.05, 4.69) is 20.9 Å². The van der Waals surface area contributed by atoms with Crippen molar-refractivity contribution in [3.8, 4) is 11.3 Å². The van der Waals surface area contributed by atoms with Gasteiger partial charge in [0, 0.05) is 17.5 Å². The van der Waals surface area contributed by atoms with E-state index in [0.717, 1.165) is 22.2 Å². The molecule has 2 aromatic carbocycles. The van der Waals surface area contributed by atoms with E-state index in [-0.39, 0.29) is 5.69 Å². The SMILES string of the molecule is O=c1nc(-c2ccccc2)c2ccccc2n1CC=CBr. The van der Waals surface area contributed by atoms with Gasteiger partial charge >= 0.3 is 5.69 Å². The van der Waals surface area contributed by atoms with Crippen LogP contribution in [0.3, 0.4) is 0 Å². The van der Waals surface area contributed by atoms with Crippen LogP contribution in [0.15, 0.2) is 70.5 Å². The molecule has 0 unspecified atom stereocenters. The van der Waals surface area contributed by atoms with Crippen molar-refractivity contribution in [1.82, 2.24) is 9.55 Å². The van der Waals surface area contributed by atoms with Gasteiger partial charge in [-0.15, -0.1) is 0 Å². The van der Waals surface area contributed by atoms with Gasteiger partial charge in [0.25, 0.3) is 0 Å². The largest absolute Gasteiger partial charge is 0.348 e. The summed E-state index contributed by atoms with van der Waals surface area (Å²) in [5.74, 6) is 0. The minimum atomic E-state index is -0.238. The number of allylic oxidation sites excluding steroid dienone is 1. The fourth-order valence-corrected chi connectivity index (χ4v) is 2.53. The lowest BCUT2D eigenvalue weighted by Gasteiger charge is -2.11. The maximum atomic E-state index is 12.3. The fraction of sp³-hybridized carbons (Fsp3) is 0.0588. The number of benzene rings is 2. The van der Waals surface area contributed by atoms with Crippen LogP contribution in [0.2, 0.25) is 0 Å². The second kappa shape index (κ2) is 6.06. The molecule has 0 fully saturated rings. The Bertz CT molecular complexity index is 854. The van der Waals surface area contributed by atoms with Crippen molar-refractivity contribution in [1.29, 1.82) is 0 Å². The first-order chi connectivity index (χ1) is 10.3. The van der Waals surface area contributed by atoms with Crippen molar-refractivity contribution in [2.24, 2.45) is 0 Å². The lowest BCUT2D eigenvalue weighted by molar-refractivity contribution is 0.782. The first kappa shape index (κ1) is 13.8. The minimum Gasteiger partial charge on any atom is -0.288 e. The van der Waals surface area contributed by atoms with Crippen molar-refractivity contribution in [2.75, 3.05) is 0 Å². The monoisotopic (exact) mass is 340 g/mol. The second-order valence-corrected chi connectivity index (χ2v) is 5.13. The number of hydrogen-bond donors (Lipinski definition) is 0. The first-order valence-corrected chi connectivity index (χ1v) is 7.53. The average molecular weight is 341 g/mol. The molecule has 0 atom stereocenters. The smallest absolute Gasteiger partial charge is 0.288 e. The van der Waals surface area contributed by atoms with Crippen LogP contribution >= 0.6 is 15.9 Å². The van der Waals surface area contributed by atoms with Crippen LogP contribution in [-0.4, -0.2) is 9.55 Å². The maximum absolute atomic E-state index is 12.3. The predicted octanol–water partition coefficient (Wildman–Crippen LogP) is 3.97. The average Bonchev–Trinajstić information content (AvgIpc) is 2.54.